The molecule has 2 saturated carbocycles. The summed E-state index contributed by atoms with van der Waals surface area (Å²) in [5.41, 5.74) is 6.78. The number of hydrogen-bond acceptors (Lipinski definition) is 1. The predicted molar refractivity (Wildman–Crippen MR) is 101 cm³/mol. The summed E-state index contributed by atoms with van der Waals surface area (Å²) in [6.07, 6.45) is 10.6. The van der Waals surface area contributed by atoms with Crippen LogP contribution >= 0.6 is 0 Å². The summed E-state index contributed by atoms with van der Waals surface area (Å²) in [5, 5.41) is 10.6. The molecule has 0 spiro atoms. The average molecular weight is 320 g/mol. The van der Waals surface area contributed by atoms with Gasteiger partial charge in [0.15, 0.2) is 0 Å². The highest BCUT2D eigenvalue weighted by atomic mass is 16.3. The number of para-hydroxylation sites is 1. The van der Waals surface area contributed by atoms with Gasteiger partial charge < -0.3 is 5.11 Å². The van der Waals surface area contributed by atoms with E-state index in [1.807, 2.05) is 12.1 Å². The molecule has 0 amide bonds. The molecular formula is C23H28O. The molecule has 4 rings (SSSR count). The van der Waals surface area contributed by atoms with Gasteiger partial charge in [-0.2, -0.15) is 0 Å². The third-order valence-electron chi connectivity index (χ3n) is 6.11. The molecule has 0 saturated heterocycles. The van der Waals surface area contributed by atoms with E-state index in [4.69, 9.17) is 0 Å². The van der Waals surface area contributed by atoms with Crippen LogP contribution in [0, 0.1) is 6.92 Å². The second-order valence-corrected chi connectivity index (χ2v) is 7.80. The van der Waals surface area contributed by atoms with Crippen molar-refractivity contribution >= 4 is 0 Å². The Kier molecular flexibility index (Phi) is 4.35. The maximum absolute atomic E-state index is 10.6. The van der Waals surface area contributed by atoms with Crippen LogP contribution in [-0.4, -0.2) is 5.11 Å². The topological polar surface area (TPSA) is 20.2 Å². The summed E-state index contributed by atoms with van der Waals surface area (Å²) in [7, 11) is 0. The number of rotatable bonds is 3. The first-order chi connectivity index (χ1) is 11.7. The van der Waals surface area contributed by atoms with Crippen molar-refractivity contribution in [2.45, 2.75) is 70.1 Å². The highest BCUT2D eigenvalue weighted by Gasteiger charge is 2.27. The number of aryl methyl sites for hydroxylation is 1. The van der Waals surface area contributed by atoms with Crippen molar-refractivity contribution in [2.75, 3.05) is 0 Å². The summed E-state index contributed by atoms with van der Waals surface area (Å²) in [6.45, 7) is 2.24. The number of hydrogen-bond donors (Lipinski definition) is 1. The molecule has 0 unspecified atom stereocenters. The first kappa shape index (κ1) is 15.7. The molecule has 1 heteroatoms. The van der Waals surface area contributed by atoms with Crippen molar-refractivity contribution in [2.24, 2.45) is 0 Å². The van der Waals surface area contributed by atoms with Crippen molar-refractivity contribution in [1.82, 2.24) is 0 Å². The van der Waals surface area contributed by atoms with Gasteiger partial charge in [-0.1, -0.05) is 61.6 Å². The van der Waals surface area contributed by atoms with Crippen molar-refractivity contribution in [3.8, 4) is 16.9 Å². The zero-order chi connectivity index (χ0) is 16.5. The van der Waals surface area contributed by atoms with Crippen LogP contribution in [0.3, 0.4) is 0 Å². The number of aromatic hydroxyl groups is 1. The van der Waals surface area contributed by atoms with Crippen LogP contribution in [0.2, 0.25) is 0 Å². The molecular weight excluding hydrogens is 292 g/mol. The van der Waals surface area contributed by atoms with Crippen LogP contribution < -0.4 is 0 Å². The molecule has 2 aromatic rings. The van der Waals surface area contributed by atoms with E-state index in [0.717, 1.165) is 5.56 Å². The maximum Gasteiger partial charge on any atom is 0.123 e. The highest BCUT2D eigenvalue weighted by molar-refractivity contribution is 5.77. The Bertz CT molecular complexity index is 682. The van der Waals surface area contributed by atoms with Gasteiger partial charge in [-0.25, -0.2) is 0 Å². The number of benzene rings is 2. The molecule has 0 heterocycles. The minimum Gasteiger partial charge on any atom is -0.507 e. The van der Waals surface area contributed by atoms with Gasteiger partial charge in [0.25, 0.3) is 0 Å². The van der Waals surface area contributed by atoms with Gasteiger partial charge in [0.1, 0.15) is 5.75 Å². The summed E-state index contributed by atoms with van der Waals surface area (Å²) < 4.78 is 0. The molecule has 2 aliphatic carbocycles. The summed E-state index contributed by atoms with van der Waals surface area (Å²) in [4.78, 5) is 0. The fraction of sp³-hybridized carbons (Fsp3) is 0.478. The third kappa shape index (κ3) is 2.85. The van der Waals surface area contributed by atoms with E-state index in [2.05, 4.69) is 31.2 Å². The second kappa shape index (κ2) is 6.63. The van der Waals surface area contributed by atoms with E-state index in [1.54, 1.807) is 0 Å². The molecule has 2 fully saturated rings. The molecule has 0 bridgehead atoms. The van der Waals surface area contributed by atoms with E-state index >= 15 is 0 Å². The molecule has 2 aromatic carbocycles. The quantitative estimate of drug-likeness (QED) is 0.668. The van der Waals surface area contributed by atoms with Gasteiger partial charge in [0.05, 0.1) is 0 Å². The van der Waals surface area contributed by atoms with Gasteiger partial charge in [-0.15, -0.1) is 0 Å². The monoisotopic (exact) mass is 320 g/mol. The predicted octanol–water partition coefficient (Wildman–Crippen LogP) is 6.68. The zero-order valence-electron chi connectivity index (χ0n) is 14.7. The Hall–Kier alpha value is -1.76. The summed E-state index contributed by atoms with van der Waals surface area (Å²) in [6, 6.07) is 12.7. The smallest absolute Gasteiger partial charge is 0.123 e. The van der Waals surface area contributed by atoms with Gasteiger partial charge in [0.2, 0.25) is 0 Å². The standard InChI is InChI=1S/C23H28O/c1-16-14-20(17-8-2-3-9-17)23(19-12-6-7-13-22(19)24)21(15-16)18-10-4-5-11-18/h6-7,12-15,17-18,24H,2-5,8-11H2,1H3. The lowest BCUT2D eigenvalue weighted by atomic mass is 9.80. The molecule has 0 atom stereocenters. The van der Waals surface area contributed by atoms with Gasteiger partial charge in [0, 0.05) is 5.56 Å². The Morgan fingerprint density at radius 2 is 1.29 bits per heavy atom. The fourth-order valence-electron chi connectivity index (χ4n) is 4.96. The molecule has 1 N–H and O–H groups in total. The molecule has 1 nitrogen and oxygen atoms in total. The SMILES string of the molecule is Cc1cc(C2CCCC2)c(-c2ccccc2O)c(C2CCCC2)c1. The van der Waals surface area contributed by atoms with E-state index < -0.39 is 0 Å². The van der Waals surface area contributed by atoms with Crippen LogP contribution in [0.4, 0.5) is 0 Å². The van der Waals surface area contributed by atoms with E-state index in [9.17, 15) is 5.11 Å². The van der Waals surface area contributed by atoms with Crippen LogP contribution in [0.1, 0.15) is 79.9 Å². The van der Waals surface area contributed by atoms with E-state index in [1.165, 1.54) is 73.6 Å². The lowest BCUT2D eigenvalue weighted by Crippen LogP contribution is -2.04. The lowest BCUT2D eigenvalue weighted by molar-refractivity contribution is 0.477. The van der Waals surface area contributed by atoms with Gasteiger partial charge >= 0.3 is 0 Å². The van der Waals surface area contributed by atoms with Crippen LogP contribution in [0.5, 0.6) is 5.75 Å². The Morgan fingerprint density at radius 3 is 1.79 bits per heavy atom. The first-order valence-electron chi connectivity index (χ1n) is 9.67. The fourth-order valence-corrected chi connectivity index (χ4v) is 4.96. The molecule has 0 radical (unpaired) electrons. The molecule has 24 heavy (non-hydrogen) atoms. The molecule has 126 valence electrons. The maximum atomic E-state index is 10.6. The molecule has 2 aliphatic rings. The van der Waals surface area contributed by atoms with Crippen LogP contribution in [-0.2, 0) is 0 Å². The van der Waals surface area contributed by atoms with Gasteiger partial charge in [-0.05, 0) is 67.2 Å². The van der Waals surface area contributed by atoms with Crippen LogP contribution in [0.15, 0.2) is 36.4 Å². The van der Waals surface area contributed by atoms with Crippen molar-refractivity contribution < 1.29 is 5.11 Å². The van der Waals surface area contributed by atoms with Gasteiger partial charge in [-0.3, -0.25) is 0 Å². The second-order valence-electron chi connectivity index (χ2n) is 7.80. The zero-order valence-corrected chi connectivity index (χ0v) is 14.7. The average Bonchev–Trinajstić information content (AvgIpc) is 3.29. The third-order valence-corrected chi connectivity index (χ3v) is 6.11. The first-order valence-corrected chi connectivity index (χ1v) is 9.67. The highest BCUT2D eigenvalue weighted by Crippen LogP contribution is 2.47. The molecule has 0 aromatic heterocycles. The Balaban J connectivity index is 1.93. The largest absolute Gasteiger partial charge is 0.507 e. The normalized spacial score (nSPS) is 19.2. The number of phenolic OH excluding ortho intramolecular Hbond substituents is 1. The molecule has 0 aliphatic heterocycles. The van der Waals surface area contributed by atoms with E-state index in [0.29, 0.717) is 17.6 Å². The Morgan fingerprint density at radius 1 is 0.792 bits per heavy atom. The van der Waals surface area contributed by atoms with Crippen molar-refractivity contribution in [1.29, 1.82) is 0 Å². The van der Waals surface area contributed by atoms with Crippen molar-refractivity contribution in [3.05, 3.63) is 53.1 Å². The van der Waals surface area contributed by atoms with E-state index in [-0.39, 0.29) is 0 Å². The van der Waals surface area contributed by atoms with Crippen molar-refractivity contribution in [3.63, 3.8) is 0 Å². The number of phenols is 1. The lowest BCUT2D eigenvalue weighted by Gasteiger charge is -2.24. The summed E-state index contributed by atoms with van der Waals surface area (Å²) >= 11 is 0. The minimum atomic E-state index is 0.430. The van der Waals surface area contributed by atoms with Crippen LogP contribution in [0.25, 0.3) is 11.1 Å². The summed E-state index contributed by atoms with van der Waals surface area (Å²) in [5.74, 6) is 1.76. The minimum absolute atomic E-state index is 0.430. The Labute approximate surface area is 145 Å².